The number of hydrogen-bond acceptors (Lipinski definition) is 8. The smallest absolute Gasteiger partial charge is 0.315 e. The molecule has 21 heavy (non-hydrogen) atoms. The van der Waals surface area contributed by atoms with E-state index in [9.17, 15) is 15.2 Å². The molecule has 0 aromatic heterocycles. The van der Waals surface area contributed by atoms with Crippen molar-refractivity contribution in [2.24, 2.45) is 0 Å². The van der Waals surface area contributed by atoms with E-state index in [0.717, 1.165) is 0 Å². The monoisotopic (exact) mass is 317 g/mol. The fourth-order valence-electron chi connectivity index (χ4n) is 1.80. The molecular formula is C12H19N3O5S. The molecule has 8 nitrogen and oxygen atoms in total. The molecule has 0 spiro atoms. The summed E-state index contributed by atoms with van der Waals surface area (Å²) in [7, 11) is 0. The van der Waals surface area contributed by atoms with Crippen molar-refractivity contribution < 1.29 is 20.2 Å². The molecule has 1 aromatic rings. The van der Waals surface area contributed by atoms with Crippen LogP contribution in [0.2, 0.25) is 0 Å². The molecule has 0 fully saturated rings. The Morgan fingerprint density at radius 2 is 1.67 bits per heavy atom. The maximum atomic E-state index is 11.2. The molecular weight excluding hydrogens is 298 g/mol. The minimum absolute atomic E-state index is 0.140. The van der Waals surface area contributed by atoms with Gasteiger partial charge in [0, 0.05) is 18.8 Å². The molecule has 0 bridgehead atoms. The Kier molecular flexibility index (Phi) is 7.23. The van der Waals surface area contributed by atoms with E-state index >= 15 is 0 Å². The third-order valence-corrected chi connectivity index (χ3v) is 3.07. The highest BCUT2D eigenvalue weighted by molar-refractivity contribution is 7.80. The highest BCUT2D eigenvalue weighted by atomic mass is 32.1. The first-order valence-electron chi connectivity index (χ1n) is 6.35. The molecule has 1 rings (SSSR count). The summed E-state index contributed by atoms with van der Waals surface area (Å²) >= 11 is 4.00. The maximum absolute atomic E-state index is 11.2. The molecule has 1 unspecified atom stereocenters. The zero-order valence-electron chi connectivity index (χ0n) is 11.3. The van der Waals surface area contributed by atoms with Crippen LogP contribution in [0.4, 0.5) is 17.1 Å². The molecule has 0 aliphatic carbocycles. The van der Waals surface area contributed by atoms with Gasteiger partial charge in [0.15, 0.2) is 0 Å². The summed E-state index contributed by atoms with van der Waals surface area (Å²) in [6, 6.07) is 2.91. The van der Waals surface area contributed by atoms with E-state index in [1.54, 1.807) is 0 Å². The Bertz CT molecular complexity index is 457. The number of nitrogens with zero attached hydrogens (tertiary/aromatic N) is 1. The normalized spacial score (nSPS) is 12.0. The Balaban J connectivity index is 3.30. The lowest BCUT2D eigenvalue weighted by Crippen LogP contribution is -2.13. The molecule has 1 atom stereocenters. The number of benzene rings is 1. The SMILES string of the molecule is O=[N+]([O-])c1c(NCCO)cc(C(O)CS)cc1NCCO. The lowest BCUT2D eigenvalue weighted by molar-refractivity contribution is -0.383. The molecule has 0 amide bonds. The third-order valence-electron chi connectivity index (χ3n) is 2.73. The van der Waals surface area contributed by atoms with Crippen LogP contribution in [0, 0.1) is 10.1 Å². The van der Waals surface area contributed by atoms with E-state index in [1.807, 2.05) is 0 Å². The average molecular weight is 317 g/mol. The summed E-state index contributed by atoms with van der Waals surface area (Å²) in [6.07, 6.45) is -0.876. The van der Waals surface area contributed by atoms with Crippen LogP contribution in [0.15, 0.2) is 12.1 Å². The Morgan fingerprint density at radius 1 is 1.19 bits per heavy atom. The van der Waals surface area contributed by atoms with E-state index in [1.165, 1.54) is 12.1 Å². The number of nitro groups is 1. The quantitative estimate of drug-likeness (QED) is 0.220. The van der Waals surface area contributed by atoms with E-state index in [-0.39, 0.29) is 49.1 Å². The van der Waals surface area contributed by atoms with Gasteiger partial charge in [-0.3, -0.25) is 10.1 Å². The molecule has 0 aliphatic heterocycles. The lowest BCUT2D eigenvalue weighted by Gasteiger charge is -2.15. The fourth-order valence-corrected chi connectivity index (χ4v) is 2.01. The molecule has 0 radical (unpaired) electrons. The van der Waals surface area contributed by atoms with E-state index in [2.05, 4.69) is 23.3 Å². The van der Waals surface area contributed by atoms with Gasteiger partial charge >= 0.3 is 5.69 Å². The lowest BCUT2D eigenvalue weighted by atomic mass is 10.1. The van der Waals surface area contributed by atoms with Crippen LogP contribution in [0.3, 0.4) is 0 Å². The standard InChI is InChI=1S/C12H19N3O5S/c16-3-1-13-9-5-8(11(18)7-21)6-10(14-2-4-17)12(9)15(19)20/h5-6,11,13-14,16-18,21H,1-4,7H2. The minimum Gasteiger partial charge on any atom is -0.395 e. The number of nitrogens with one attached hydrogen (secondary N) is 2. The zero-order chi connectivity index (χ0) is 15.8. The summed E-state index contributed by atoms with van der Waals surface area (Å²) in [4.78, 5) is 10.7. The topological polar surface area (TPSA) is 128 Å². The number of aliphatic hydroxyl groups is 3. The van der Waals surface area contributed by atoms with Crippen molar-refractivity contribution >= 4 is 29.7 Å². The van der Waals surface area contributed by atoms with Crippen LogP contribution in [-0.2, 0) is 0 Å². The summed E-state index contributed by atoms with van der Waals surface area (Å²) in [5.41, 5.74) is 0.629. The average Bonchev–Trinajstić information content (AvgIpc) is 2.48. The van der Waals surface area contributed by atoms with Crippen molar-refractivity contribution in [2.45, 2.75) is 6.10 Å². The second-order valence-electron chi connectivity index (χ2n) is 4.22. The van der Waals surface area contributed by atoms with Crippen molar-refractivity contribution in [2.75, 3.05) is 42.7 Å². The molecule has 0 saturated heterocycles. The molecule has 9 heteroatoms. The summed E-state index contributed by atoms with van der Waals surface area (Å²) < 4.78 is 0. The van der Waals surface area contributed by atoms with Gasteiger partial charge in [-0.2, -0.15) is 12.6 Å². The molecule has 0 saturated carbocycles. The summed E-state index contributed by atoms with van der Waals surface area (Å²) in [6.45, 7) is -0.0901. The first-order chi connectivity index (χ1) is 10.0. The van der Waals surface area contributed by atoms with Crippen molar-refractivity contribution in [1.29, 1.82) is 0 Å². The highest BCUT2D eigenvalue weighted by Crippen LogP contribution is 2.36. The zero-order valence-corrected chi connectivity index (χ0v) is 12.2. The number of thiol groups is 1. The molecule has 118 valence electrons. The Morgan fingerprint density at radius 3 is 2.00 bits per heavy atom. The molecule has 0 aliphatic rings. The van der Waals surface area contributed by atoms with Crippen molar-refractivity contribution in [1.82, 2.24) is 0 Å². The Hall–Kier alpha value is -1.55. The largest absolute Gasteiger partial charge is 0.395 e. The predicted molar refractivity (Wildman–Crippen MR) is 83.1 cm³/mol. The van der Waals surface area contributed by atoms with E-state index in [0.29, 0.717) is 5.56 Å². The van der Waals surface area contributed by atoms with Crippen LogP contribution in [0.1, 0.15) is 11.7 Å². The summed E-state index contributed by atoms with van der Waals surface area (Å²) in [5, 5.41) is 44.3. The number of aliphatic hydroxyl groups excluding tert-OH is 3. The first kappa shape index (κ1) is 17.5. The van der Waals surface area contributed by atoms with Crippen molar-refractivity contribution in [3.05, 3.63) is 27.8 Å². The van der Waals surface area contributed by atoms with Crippen molar-refractivity contribution in [3.63, 3.8) is 0 Å². The fraction of sp³-hybridized carbons (Fsp3) is 0.500. The minimum atomic E-state index is -0.876. The van der Waals surface area contributed by atoms with Gasteiger partial charge in [-0.15, -0.1) is 0 Å². The number of nitro benzene ring substituents is 1. The van der Waals surface area contributed by atoms with Crippen LogP contribution < -0.4 is 10.6 Å². The Labute approximate surface area is 127 Å². The summed E-state index contributed by atoms with van der Waals surface area (Å²) in [5.74, 6) is 0.163. The van der Waals surface area contributed by atoms with Crippen LogP contribution >= 0.6 is 12.6 Å². The van der Waals surface area contributed by atoms with Gasteiger partial charge in [0.05, 0.1) is 24.2 Å². The molecule has 5 N–H and O–H groups in total. The van der Waals surface area contributed by atoms with Gasteiger partial charge in [0.25, 0.3) is 0 Å². The van der Waals surface area contributed by atoms with Gasteiger partial charge in [0.2, 0.25) is 0 Å². The third kappa shape index (κ3) is 4.74. The van der Waals surface area contributed by atoms with Crippen LogP contribution in [0.25, 0.3) is 0 Å². The number of hydrogen-bond donors (Lipinski definition) is 6. The highest BCUT2D eigenvalue weighted by Gasteiger charge is 2.22. The van der Waals surface area contributed by atoms with Crippen molar-refractivity contribution in [3.8, 4) is 0 Å². The van der Waals surface area contributed by atoms with E-state index in [4.69, 9.17) is 10.2 Å². The van der Waals surface area contributed by atoms with Gasteiger partial charge in [-0.25, -0.2) is 0 Å². The number of rotatable bonds is 9. The van der Waals surface area contributed by atoms with Crippen LogP contribution in [0.5, 0.6) is 0 Å². The number of anilines is 2. The second kappa shape index (κ2) is 8.67. The molecule has 0 heterocycles. The maximum Gasteiger partial charge on any atom is 0.315 e. The predicted octanol–water partition coefficient (Wildman–Crippen LogP) is 0.366. The van der Waals surface area contributed by atoms with Gasteiger partial charge in [-0.05, 0) is 17.7 Å². The molecule has 1 aromatic carbocycles. The van der Waals surface area contributed by atoms with Gasteiger partial charge in [0.1, 0.15) is 11.4 Å². The van der Waals surface area contributed by atoms with E-state index < -0.39 is 11.0 Å². The second-order valence-corrected chi connectivity index (χ2v) is 4.59. The van der Waals surface area contributed by atoms with Crippen LogP contribution in [-0.4, -0.2) is 52.3 Å². The van der Waals surface area contributed by atoms with Gasteiger partial charge in [-0.1, -0.05) is 0 Å². The first-order valence-corrected chi connectivity index (χ1v) is 6.99. The van der Waals surface area contributed by atoms with Gasteiger partial charge < -0.3 is 26.0 Å².